The Morgan fingerprint density at radius 1 is 1.22 bits per heavy atom. The Hall–Kier alpha value is -2.18. The van der Waals surface area contributed by atoms with Crippen molar-refractivity contribution < 1.29 is 0 Å². The Labute approximate surface area is 111 Å². The Balaban J connectivity index is 2.29. The highest BCUT2D eigenvalue weighted by Gasteiger charge is 2.03. The predicted octanol–water partition coefficient (Wildman–Crippen LogP) is 3.85. The Kier molecular flexibility index (Phi) is 3.40. The van der Waals surface area contributed by atoms with Crippen LogP contribution >= 0.6 is 11.6 Å². The largest absolute Gasteiger partial charge is 0.399 e. The monoisotopic (exact) mass is 257 g/mol. The van der Waals surface area contributed by atoms with Gasteiger partial charge in [0.05, 0.1) is 10.6 Å². The molecule has 0 aliphatic heterocycles. The fourth-order valence-corrected chi connectivity index (χ4v) is 1.89. The normalized spacial score (nSPS) is 9.83. The molecule has 0 unspecified atom stereocenters. The maximum absolute atomic E-state index is 8.80. The summed E-state index contributed by atoms with van der Waals surface area (Å²) in [6.07, 6.45) is 0. The molecule has 0 aromatic heterocycles. The quantitative estimate of drug-likeness (QED) is 0.804. The lowest BCUT2D eigenvalue weighted by atomic mass is 10.1. The van der Waals surface area contributed by atoms with Crippen molar-refractivity contribution in [3.8, 4) is 6.07 Å². The van der Waals surface area contributed by atoms with E-state index in [1.54, 1.807) is 12.1 Å². The third-order valence-electron chi connectivity index (χ3n) is 2.62. The van der Waals surface area contributed by atoms with E-state index in [0.717, 1.165) is 22.6 Å². The van der Waals surface area contributed by atoms with Crippen LogP contribution in [0, 0.1) is 18.3 Å². The lowest BCUT2D eigenvalue weighted by Crippen LogP contribution is -1.95. The Morgan fingerprint density at radius 2 is 2.00 bits per heavy atom. The van der Waals surface area contributed by atoms with Crippen LogP contribution in [0.1, 0.15) is 11.1 Å². The van der Waals surface area contributed by atoms with Crippen molar-refractivity contribution in [1.82, 2.24) is 0 Å². The van der Waals surface area contributed by atoms with Crippen LogP contribution in [0.25, 0.3) is 0 Å². The maximum Gasteiger partial charge on any atom is 0.101 e. The van der Waals surface area contributed by atoms with E-state index in [1.165, 1.54) is 0 Å². The highest BCUT2D eigenvalue weighted by Crippen LogP contribution is 2.25. The molecule has 2 aromatic carbocycles. The molecule has 0 aliphatic rings. The smallest absolute Gasteiger partial charge is 0.101 e. The zero-order chi connectivity index (χ0) is 13.1. The zero-order valence-corrected chi connectivity index (χ0v) is 10.6. The van der Waals surface area contributed by atoms with Gasteiger partial charge in [0.25, 0.3) is 0 Å². The van der Waals surface area contributed by atoms with Crippen LogP contribution < -0.4 is 11.1 Å². The number of anilines is 3. The van der Waals surface area contributed by atoms with Crippen molar-refractivity contribution in [3.05, 3.63) is 52.5 Å². The summed E-state index contributed by atoms with van der Waals surface area (Å²) in [7, 11) is 0. The molecule has 0 saturated carbocycles. The SMILES string of the molecule is Cc1cc(N)ccc1Nc1ccc(C#N)c(Cl)c1. The van der Waals surface area contributed by atoms with E-state index in [-0.39, 0.29) is 0 Å². The average Bonchev–Trinajstić information content (AvgIpc) is 2.33. The van der Waals surface area contributed by atoms with Gasteiger partial charge < -0.3 is 11.1 Å². The number of nitrogens with two attached hydrogens (primary N) is 1. The molecule has 0 aliphatic carbocycles. The molecule has 18 heavy (non-hydrogen) atoms. The summed E-state index contributed by atoms with van der Waals surface area (Å²) < 4.78 is 0. The topological polar surface area (TPSA) is 61.8 Å². The molecular weight excluding hydrogens is 246 g/mol. The van der Waals surface area contributed by atoms with Gasteiger partial charge in [-0.25, -0.2) is 0 Å². The van der Waals surface area contributed by atoms with Gasteiger partial charge in [0.2, 0.25) is 0 Å². The molecule has 0 atom stereocenters. The molecule has 2 rings (SSSR count). The molecule has 90 valence electrons. The number of nitriles is 1. The fraction of sp³-hybridized carbons (Fsp3) is 0.0714. The van der Waals surface area contributed by atoms with Crippen LogP contribution in [0.2, 0.25) is 5.02 Å². The first-order valence-electron chi connectivity index (χ1n) is 5.43. The molecule has 0 saturated heterocycles. The van der Waals surface area contributed by atoms with Crippen LogP contribution in [-0.2, 0) is 0 Å². The average molecular weight is 258 g/mol. The van der Waals surface area contributed by atoms with Crippen molar-refractivity contribution in [3.63, 3.8) is 0 Å². The number of nitrogen functional groups attached to an aromatic ring is 1. The molecule has 0 bridgehead atoms. The second-order valence-electron chi connectivity index (χ2n) is 4.01. The summed E-state index contributed by atoms with van der Waals surface area (Å²) >= 11 is 5.98. The van der Waals surface area contributed by atoms with Crippen LogP contribution in [0.5, 0.6) is 0 Å². The molecule has 4 heteroatoms. The van der Waals surface area contributed by atoms with Crippen LogP contribution in [0.15, 0.2) is 36.4 Å². The summed E-state index contributed by atoms with van der Waals surface area (Å²) in [5, 5.41) is 12.5. The molecular formula is C14H12ClN3. The zero-order valence-electron chi connectivity index (χ0n) is 9.87. The highest BCUT2D eigenvalue weighted by molar-refractivity contribution is 6.32. The van der Waals surface area contributed by atoms with Gasteiger partial charge in [0.15, 0.2) is 0 Å². The number of nitrogens with zero attached hydrogens (tertiary/aromatic N) is 1. The van der Waals surface area contributed by atoms with E-state index in [0.29, 0.717) is 10.6 Å². The number of halogens is 1. The van der Waals surface area contributed by atoms with E-state index < -0.39 is 0 Å². The molecule has 2 aromatic rings. The Morgan fingerprint density at radius 3 is 2.61 bits per heavy atom. The summed E-state index contributed by atoms with van der Waals surface area (Å²) in [4.78, 5) is 0. The van der Waals surface area contributed by atoms with Crippen molar-refractivity contribution in [2.24, 2.45) is 0 Å². The van der Waals surface area contributed by atoms with Gasteiger partial charge in [0.1, 0.15) is 6.07 Å². The van der Waals surface area contributed by atoms with Crippen molar-refractivity contribution in [2.75, 3.05) is 11.1 Å². The minimum Gasteiger partial charge on any atom is -0.399 e. The first-order chi connectivity index (χ1) is 8.60. The minimum atomic E-state index is 0.440. The van der Waals surface area contributed by atoms with Crippen LogP contribution in [0.4, 0.5) is 17.1 Å². The number of aryl methyl sites for hydroxylation is 1. The summed E-state index contributed by atoms with van der Waals surface area (Å²) in [6.45, 7) is 1.98. The van der Waals surface area contributed by atoms with Gasteiger partial charge in [-0.05, 0) is 48.9 Å². The molecule has 3 N–H and O–H groups in total. The predicted molar refractivity (Wildman–Crippen MR) is 75.0 cm³/mol. The highest BCUT2D eigenvalue weighted by atomic mass is 35.5. The maximum atomic E-state index is 8.80. The number of nitrogens with one attached hydrogen (secondary N) is 1. The van der Waals surface area contributed by atoms with Gasteiger partial charge in [-0.1, -0.05) is 11.6 Å². The second-order valence-corrected chi connectivity index (χ2v) is 4.41. The molecule has 0 fully saturated rings. The van der Waals surface area contributed by atoms with Gasteiger partial charge >= 0.3 is 0 Å². The minimum absolute atomic E-state index is 0.440. The van der Waals surface area contributed by atoms with E-state index in [2.05, 4.69) is 5.32 Å². The molecule has 0 spiro atoms. The molecule has 0 amide bonds. The number of rotatable bonds is 2. The number of hydrogen-bond donors (Lipinski definition) is 2. The summed E-state index contributed by atoms with van der Waals surface area (Å²) in [6, 6.07) is 12.9. The van der Waals surface area contributed by atoms with Crippen molar-refractivity contribution in [2.45, 2.75) is 6.92 Å². The van der Waals surface area contributed by atoms with Gasteiger partial charge in [-0.3, -0.25) is 0 Å². The first-order valence-corrected chi connectivity index (χ1v) is 5.81. The standard InChI is InChI=1S/C14H12ClN3/c1-9-6-11(17)3-5-14(9)18-12-4-2-10(8-16)13(15)7-12/h2-7,18H,17H2,1H3. The third kappa shape index (κ3) is 2.55. The summed E-state index contributed by atoms with van der Waals surface area (Å²) in [5.74, 6) is 0. The lowest BCUT2D eigenvalue weighted by molar-refractivity contribution is 1.42. The fourth-order valence-electron chi connectivity index (χ4n) is 1.67. The van der Waals surface area contributed by atoms with E-state index in [9.17, 15) is 0 Å². The number of hydrogen-bond acceptors (Lipinski definition) is 3. The van der Waals surface area contributed by atoms with E-state index in [4.69, 9.17) is 22.6 Å². The third-order valence-corrected chi connectivity index (χ3v) is 2.93. The van der Waals surface area contributed by atoms with Gasteiger partial charge in [0, 0.05) is 17.1 Å². The van der Waals surface area contributed by atoms with Crippen LogP contribution in [0.3, 0.4) is 0 Å². The van der Waals surface area contributed by atoms with Crippen LogP contribution in [-0.4, -0.2) is 0 Å². The van der Waals surface area contributed by atoms with Crippen molar-refractivity contribution >= 4 is 28.7 Å². The molecule has 0 radical (unpaired) electrons. The van der Waals surface area contributed by atoms with E-state index in [1.807, 2.05) is 37.3 Å². The number of benzene rings is 2. The Bertz CT molecular complexity index is 629. The van der Waals surface area contributed by atoms with Crippen molar-refractivity contribution in [1.29, 1.82) is 5.26 Å². The molecule has 0 heterocycles. The first kappa shape index (κ1) is 12.3. The lowest BCUT2D eigenvalue weighted by Gasteiger charge is -2.10. The van der Waals surface area contributed by atoms with E-state index >= 15 is 0 Å². The van der Waals surface area contributed by atoms with Gasteiger partial charge in [-0.15, -0.1) is 0 Å². The second kappa shape index (κ2) is 4.99. The van der Waals surface area contributed by atoms with Gasteiger partial charge in [-0.2, -0.15) is 5.26 Å². The summed E-state index contributed by atoms with van der Waals surface area (Å²) in [5.41, 5.74) is 9.75. The molecule has 3 nitrogen and oxygen atoms in total.